The molecule has 0 saturated heterocycles. The van der Waals surface area contributed by atoms with Crippen molar-refractivity contribution in [2.45, 2.75) is 13.5 Å². The van der Waals surface area contributed by atoms with Crippen molar-refractivity contribution >= 4 is 6.08 Å². The number of methoxy groups -OCH3 is 1. The van der Waals surface area contributed by atoms with E-state index in [0.717, 1.165) is 0 Å². The Morgan fingerprint density at radius 2 is 2.29 bits per heavy atom. The molecule has 4 nitrogen and oxygen atoms in total. The van der Waals surface area contributed by atoms with Crippen LogP contribution in [0.2, 0.25) is 0 Å². The van der Waals surface area contributed by atoms with Crippen LogP contribution in [0, 0.1) is 6.92 Å². The van der Waals surface area contributed by atoms with E-state index < -0.39 is 0 Å². The molecule has 4 heteroatoms. The number of hydrogen-bond acceptors (Lipinski definition) is 4. The highest BCUT2D eigenvalue weighted by atomic mass is 16.5. The third-order valence-corrected chi connectivity index (χ3v) is 1.90. The lowest BCUT2D eigenvalue weighted by atomic mass is 10.1. The smallest absolute Gasteiger partial charge is 0.235 e. The lowest BCUT2D eigenvalue weighted by molar-refractivity contribution is 0.409. The molecular formula is C10H11NO3. The highest BCUT2D eigenvalue weighted by Crippen LogP contribution is 2.27. The van der Waals surface area contributed by atoms with Crippen LogP contribution in [-0.4, -0.2) is 18.3 Å². The summed E-state index contributed by atoms with van der Waals surface area (Å²) in [6, 6.07) is 3.35. The van der Waals surface area contributed by atoms with E-state index >= 15 is 0 Å². The first-order valence-electron chi connectivity index (χ1n) is 4.09. The Kier molecular flexibility index (Phi) is 3.26. The summed E-state index contributed by atoms with van der Waals surface area (Å²) in [7, 11) is 1.54. The van der Waals surface area contributed by atoms with Gasteiger partial charge >= 0.3 is 0 Å². The molecule has 1 rings (SSSR count). The van der Waals surface area contributed by atoms with Gasteiger partial charge in [-0.25, -0.2) is 9.79 Å². The number of aliphatic imine (C=N–C) groups is 1. The van der Waals surface area contributed by atoms with Crippen molar-refractivity contribution in [3.05, 3.63) is 23.3 Å². The molecule has 0 heterocycles. The zero-order valence-electron chi connectivity index (χ0n) is 8.07. The fraction of sp³-hybridized carbons (Fsp3) is 0.300. The summed E-state index contributed by atoms with van der Waals surface area (Å²) in [6.07, 6.45) is 1.42. The maximum atomic E-state index is 9.92. The number of isocyanates is 1. The van der Waals surface area contributed by atoms with Gasteiger partial charge in [0.25, 0.3) is 0 Å². The molecule has 1 N–H and O–H groups in total. The minimum Gasteiger partial charge on any atom is -0.507 e. The maximum Gasteiger partial charge on any atom is 0.235 e. The second kappa shape index (κ2) is 4.44. The minimum atomic E-state index is 0.118. The van der Waals surface area contributed by atoms with Crippen LogP contribution in [0.1, 0.15) is 11.1 Å². The van der Waals surface area contributed by atoms with Crippen molar-refractivity contribution in [3.63, 3.8) is 0 Å². The van der Waals surface area contributed by atoms with Crippen LogP contribution >= 0.6 is 0 Å². The molecule has 0 spiro atoms. The number of benzene rings is 1. The van der Waals surface area contributed by atoms with E-state index in [-0.39, 0.29) is 12.3 Å². The Morgan fingerprint density at radius 1 is 1.57 bits per heavy atom. The third kappa shape index (κ3) is 2.12. The van der Waals surface area contributed by atoms with Crippen molar-refractivity contribution in [3.8, 4) is 11.5 Å². The Balaban J connectivity index is 3.12. The number of aromatic hydroxyl groups is 1. The van der Waals surface area contributed by atoms with Gasteiger partial charge in [0.2, 0.25) is 6.08 Å². The van der Waals surface area contributed by atoms with Crippen LogP contribution in [0.4, 0.5) is 0 Å². The molecule has 0 atom stereocenters. The number of nitrogens with zero attached hydrogens (tertiary/aromatic N) is 1. The van der Waals surface area contributed by atoms with Crippen LogP contribution in [-0.2, 0) is 11.3 Å². The molecule has 0 aliphatic rings. The van der Waals surface area contributed by atoms with E-state index in [4.69, 9.17) is 4.74 Å². The summed E-state index contributed by atoms with van der Waals surface area (Å²) >= 11 is 0. The summed E-state index contributed by atoms with van der Waals surface area (Å²) in [6.45, 7) is 1.87. The average Bonchev–Trinajstić information content (AvgIpc) is 2.20. The maximum absolute atomic E-state index is 9.92. The number of rotatable bonds is 3. The van der Waals surface area contributed by atoms with Gasteiger partial charge in [0.15, 0.2) is 0 Å². The van der Waals surface area contributed by atoms with Gasteiger partial charge in [0, 0.05) is 5.56 Å². The molecule has 0 aliphatic heterocycles. The molecule has 14 heavy (non-hydrogen) atoms. The Bertz CT molecular complexity index is 381. The average molecular weight is 193 g/mol. The van der Waals surface area contributed by atoms with Crippen LogP contribution in [0.25, 0.3) is 0 Å². The number of ether oxygens (including phenoxy) is 1. The highest BCUT2D eigenvalue weighted by Gasteiger charge is 2.06. The minimum absolute atomic E-state index is 0.118. The number of phenolic OH excluding ortho intramolecular Hbond substituents is 1. The molecule has 0 saturated carbocycles. The summed E-state index contributed by atoms with van der Waals surface area (Å²) in [5, 5.41) is 9.60. The zero-order valence-corrected chi connectivity index (χ0v) is 8.07. The predicted molar refractivity (Wildman–Crippen MR) is 51.2 cm³/mol. The zero-order chi connectivity index (χ0) is 10.6. The normalized spacial score (nSPS) is 9.29. The van der Waals surface area contributed by atoms with Gasteiger partial charge in [0.05, 0.1) is 13.7 Å². The van der Waals surface area contributed by atoms with Crippen molar-refractivity contribution in [2.75, 3.05) is 7.11 Å². The molecular weight excluding hydrogens is 182 g/mol. The van der Waals surface area contributed by atoms with Gasteiger partial charge in [-0.3, -0.25) is 0 Å². The van der Waals surface area contributed by atoms with Crippen molar-refractivity contribution in [1.29, 1.82) is 0 Å². The highest BCUT2D eigenvalue weighted by molar-refractivity contribution is 5.46. The van der Waals surface area contributed by atoms with Gasteiger partial charge < -0.3 is 9.84 Å². The fourth-order valence-corrected chi connectivity index (χ4v) is 1.17. The van der Waals surface area contributed by atoms with Crippen molar-refractivity contribution in [1.82, 2.24) is 0 Å². The van der Waals surface area contributed by atoms with E-state index in [0.29, 0.717) is 16.9 Å². The van der Waals surface area contributed by atoms with Crippen molar-refractivity contribution < 1.29 is 14.6 Å². The fourth-order valence-electron chi connectivity index (χ4n) is 1.17. The van der Waals surface area contributed by atoms with Gasteiger partial charge in [-0.05, 0) is 24.6 Å². The summed E-state index contributed by atoms with van der Waals surface area (Å²) < 4.78 is 5.02. The lowest BCUT2D eigenvalue weighted by Gasteiger charge is -2.07. The topological polar surface area (TPSA) is 58.9 Å². The molecule has 0 unspecified atom stereocenters. The van der Waals surface area contributed by atoms with Crippen LogP contribution in [0.5, 0.6) is 11.5 Å². The summed E-state index contributed by atoms with van der Waals surface area (Å²) in [5.41, 5.74) is 1.26. The number of phenols is 1. The quantitative estimate of drug-likeness (QED) is 0.585. The monoisotopic (exact) mass is 193 g/mol. The predicted octanol–water partition coefficient (Wildman–Crippen LogP) is 1.55. The Hall–Kier alpha value is -1.80. The first kappa shape index (κ1) is 10.3. The Labute approximate surface area is 81.9 Å². The summed E-state index contributed by atoms with van der Waals surface area (Å²) in [4.78, 5) is 13.3. The third-order valence-electron chi connectivity index (χ3n) is 1.90. The first-order chi connectivity index (χ1) is 6.69. The second-order valence-corrected chi connectivity index (χ2v) is 2.86. The van der Waals surface area contributed by atoms with Crippen LogP contribution in [0.15, 0.2) is 17.1 Å². The molecule has 1 aromatic rings. The first-order valence-corrected chi connectivity index (χ1v) is 4.09. The largest absolute Gasteiger partial charge is 0.507 e. The van der Waals surface area contributed by atoms with Crippen LogP contribution < -0.4 is 4.74 Å². The van der Waals surface area contributed by atoms with E-state index in [1.165, 1.54) is 6.08 Å². The van der Waals surface area contributed by atoms with E-state index in [9.17, 15) is 9.90 Å². The number of aryl methyl sites for hydroxylation is 1. The van der Waals surface area contributed by atoms with Gasteiger partial charge in [-0.15, -0.1) is 0 Å². The van der Waals surface area contributed by atoms with E-state index in [1.807, 2.05) is 0 Å². The second-order valence-electron chi connectivity index (χ2n) is 2.86. The van der Waals surface area contributed by atoms with E-state index in [1.54, 1.807) is 26.2 Å². The van der Waals surface area contributed by atoms with Gasteiger partial charge in [-0.2, -0.15) is 0 Å². The molecule has 0 fully saturated rings. The standard InChI is InChI=1S/C10H11NO3/c1-7-3-9(14-2)4-8(10(7)13)5-11-6-12/h3-4,13H,5H2,1-2H3. The molecule has 1 aromatic carbocycles. The molecule has 0 aliphatic carbocycles. The van der Waals surface area contributed by atoms with Gasteiger partial charge in [0.1, 0.15) is 11.5 Å². The molecule has 74 valence electrons. The lowest BCUT2D eigenvalue weighted by Crippen LogP contribution is -1.90. The number of carbonyl (C=O) groups excluding carboxylic acids is 1. The molecule has 0 amide bonds. The molecule has 0 bridgehead atoms. The van der Waals surface area contributed by atoms with Crippen LogP contribution in [0.3, 0.4) is 0 Å². The van der Waals surface area contributed by atoms with Crippen molar-refractivity contribution in [2.24, 2.45) is 4.99 Å². The SMILES string of the molecule is COc1cc(C)c(O)c(CN=C=O)c1. The Morgan fingerprint density at radius 3 is 2.86 bits per heavy atom. The summed E-state index contributed by atoms with van der Waals surface area (Å²) in [5.74, 6) is 0.779. The number of hydrogen-bond donors (Lipinski definition) is 1. The molecule has 0 radical (unpaired) electrons. The van der Waals surface area contributed by atoms with E-state index in [2.05, 4.69) is 4.99 Å². The molecule has 0 aromatic heterocycles. The van der Waals surface area contributed by atoms with Gasteiger partial charge in [-0.1, -0.05) is 0 Å².